The summed E-state index contributed by atoms with van der Waals surface area (Å²) in [5.74, 6) is -2.62. The highest BCUT2D eigenvalue weighted by Gasteiger charge is 2.67. The highest BCUT2D eigenvalue weighted by Crippen LogP contribution is 2.38. The molecule has 0 radical (unpaired) electrons. The molecule has 0 saturated heterocycles. The van der Waals surface area contributed by atoms with Gasteiger partial charge in [-0.05, 0) is 12.1 Å². The third kappa shape index (κ3) is 3.28. The monoisotopic (exact) mass is 387 g/mol. The van der Waals surface area contributed by atoms with Gasteiger partial charge in [-0.15, -0.1) is 6.58 Å². The van der Waals surface area contributed by atoms with Crippen LogP contribution in [0, 0.1) is 0 Å². The number of nitrogens with zero attached hydrogens (tertiary/aromatic N) is 2. The SMILES string of the molecule is C=CCN1C(=O)[C@](NC(=O)c2ccccc2)(C(F)(F)F)N=C1c1ccccc1. The average Bonchev–Trinajstić information content (AvgIpc) is 2.97. The number of hydrogen-bond acceptors (Lipinski definition) is 3. The van der Waals surface area contributed by atoms with Crippen LogP contribution in [0.2, 0.25) is 0 Å². The number of amides is 2. The van der Waals surface area contributed by atoms with Gasteiger partial charge in [0.1, 0.15) is 5.84 Å². The van der Waals surface area contributed by atoms with E-state index in [0.717, 1.165) is 4.90 Å². The van der Waals surface area contributed by atoms with Crippen LogP contribution in [-0.2, 0) is 4.79 Å². The lowest BCUT2D eigenvalue weighted by molar-refractivity contribution is -0.196. The third-order valence-corrected chi connectivity index (χ3v) is 4.17. The predicted molar refractivity (Wildman–Crippen MR) is 97.6 cm³/mol. The second kappa shape index (κ2) is 7.30. The van der Waals surface area contributed by atoms with Gasteiger partial charge >= 0.3 is 11.8 Å². The van der Waals surface area contributed by atoms with Crippen LogP contribution in [0.5, 0.6) is 0 Å². The van der Waals surface area contributed by atoms with Gasteiger partial charge in [0.25, 0.3) is 11.8 Å². The maximum atomic E-state index is 14.0. The molecular formula is C20H16F3N3O2. The van der Waals surface area contributed by atoms with Gasteiger partial charge in [-0.2, -0.15) is 13.2 Å². The Labute approximate surface area is 159 Å². The summed E-state index contributed by atoms with van der Waals surface area (Å²) in [6, 6.07) is 15.3. The fourth-order valence-electron chi connectivity index (χ4n) is 2.83. The molecule has 2 amide bonds. The predicted octanol–water partition coefficient (Wildman–Crippen LogP) is 3.15. The van der Waals surface area contributed by atoms with E-state index in [0.29, 0.717) is 5.56 Å². The molecule has 0 spiro atoms. The van der Waals surface area contributed by atoms with Crippen molar-refractivity contribution in [2.45, 2.75) is 11.8 Å². The lowest BCUT2D eigenvalue weighted by atomic mass is 10.1. The summed E-state index contributed by atoms with van der Waals surface area (Å²) in [6.45, 7) is 3.30. The Hall–Kier alpha value is -3.42. The molecule has 0 aromatic heterocycles. The molecule has 1 N–H and O–H groups in total. The number of amidine groups is 1. The Morgan fingerprint density at radius 2 is 1.68 bits per heavy atom. The molecule has 28 heavy (non-hydrogen) atoms. The van der Waals surface area contributed by atoms with Crippen LogP contribution in [-0.4, -0.2) is 40.9 Å². The van der Waals surface area contributed by atoms with Crippen LogP contribution < -0.4 is 5.32 Å². The molecule has 1 aliphatic rings. The van der Waals surface area contributed by atoms with Crippen LogP contribution >= 0.6 is 0 Å². The number of nitrogens with one attached hydrogen (secondary N) is 1. The molecule has 2 aromatic rings. The van der Waals surface area contributed by atoms with Crippen LogP contribution in [0.4, 0.5) is 13.2 Å². The fourth-order valence-corrected chi connectivity index (χ4v) is 2.83. The number of hydrogen-bond donors (Lipinski definition) is 1. The van der Waals surface area contributed by atoms with Gasteiger partial charge in [0.15, 0.2) is 0 Å². The minimum atomic E-state index is -5.15. The first-order valence-corrected chi connectivity index (χ1v) is 8.32. The first-order valence-electron chi connectivity index (χ1n) is 8.32. The number of rotatable bonds is 5. The van der Waals surface area contributed by atoms with Crippen molar-refractivity contribution < 1.29 is 22.8 Å². The Morgan fingerprint density at radius 1 is 1.11 bits per heavy atom. The minimum Gasteiger partial charge on any atom is -0.312 e. The highest BCUT2D eigenvalue weighted by molar-refractivity contribution is 6.16. The van der Waals surface area contributed by atoms with Crippen molar-refractivity contribution in [3.63, 3.8) is 0 Å². The van der Waals surface area contributed by atoms with Gasteiger partial charge in [-0.1, -0.05) is 54.6 Å². The van der Waals surface area contributed by atoms with Gasteiger partial charge in [-0.3, -0.25) is 14.5 Å². The van der Waals surface area contributed by atoms with E-state index in [2.05, 4.69) is 11.6 Å². The van der Waals surface area contributed by atoms with E-state index in [9.17, 15) is 22.8 Å². The van der Waals surface area contributed by atoms with Gasteiger partial charge < -0.3 is 5.32 Å². The number of carbonyl (C=O) groups is 2. The summed E-state index contributed by atoms with van der Waals surface area (Å²) in [7, 11) is 0. The lowest BCUT2D eigenvalue weighted by Gasteiger charge is -2.28. The Kier molecular flexibility index (Phi) is 5.04. The maximum absolute atomic E-state index is 14.0. The molecule has 144 valence electrons. The van der Waals surface area contributed by atoms with Crippen molar-refractivity contribution in [3.8, 4) is 0 Å². The summed E-state index contributed by atoms with van der Waals surface area (Å²) in [5, 5.41) is 1.81. The topological polar surface area (TPSA) is 61.8 Å². The zero-order chi connectivity index (χ0) is 20.4. The molecule has 3 rings (SSSR count). The van der Waals surface area contributed by atoms with Crippen molar-refractivity contribution in [2.24, 2.45) is 4.99 Å². The number of benzene rings is 2. The van der Waals surface area contributed by atoms with E-state index in [-0.39, 0.29) is 17.9 Å². The van der Waals surface area contributed by atoms with E-state index < -0.39 is 23.7 Å². The number of aliphatic imine (C=N–C) groups is 1. The van der Waals surface area contributed by atoms with E-state index in [1.165, 1.54) is 42.5 Å². The Morgan fingerprint density at radius 3 is 2.21 bits per heavy atom. The summed E-state index contributed by atoms with van der Waals surface area (Å²) in [5.41, 5.74) is -3.11. The van der Waals surface area contributed by atoms with Gasteiger partial charge in [0.2, 0.25) is 0 Å². The number of alkyl halides is 3. The van der Waals surface area contributed by atoms with Crippen molar-refractivity contribution in [2.75, 3.05) is 6.54 Å². The van der Waals surface area contributed by atoms with Gasteiger partial charge in [0, 0.05) is 17.7 Å². The quantitative estimate of drug-likeness (QED) is 0.802. The van der Waals surface area contributed by atoms with E-state index in [1.54, 1.807) is 24.3 Å². The average molecular weight is 387 g/mol. The molecule has 8 heteroatoms. The zero-order valence-corrected chi connectivity index (χ0v) is 14.6. The van der Waals surface area contributed by atoms with Crippen LogP contribution in [0.1, 0.15) is 15.9 Å². The van der Waals surface area contributed by atoms with E-state index in [4.69, 9.17) is 0 Å². The second-order valence-corrected chi connectivity index (χ2v) is 6.03. The third-order valence-electron chi connectivity index (χ3n) is 4.17. The molecule has 0 bridgehead atoms. The van der Waals surface area contributed by atoms with Crippen molar-refractivity contribution in [3.05, 3.63) is 84.4 Å². The minimum absolute atomic E-state index is 0.0162. The molecule has 0 fully saturated rings. The van der Waals surface area contributed by atoms with Gasteiger partial charge in [0.05, 0.1) is 0 Å². The second-order valence-electron chi connectivity index (χ2n) is 6.03. The van der Waals surface area contributed by atoms with Crippen LogP contribution in [0.15, 0.2) is 78.3 Å². The van der Waals surface area contributed by atoms with Crippen molar-refractivity contribution in [1.29, 1.82) is 0 Å². The fraction of sp³-hybridized carbons (Fsp3) is 0.150. The summed E-state index contributed by atoms with van der Waals surface area (Å²) in [4.78, 5) is 29.8. The lowest BCUT2D eigenvalue weighted by Crippen LogP contribution is -2.63. The molecule has 2 aromatic carbocycles. The maximum Gasteiger partial charge on any atom is 0.442 e. The summed E-state index contributed by atoms with van der Waals surface area (Å²) < 4.78 is 42.1. The molecule has 0 aliphatic carbocycles. The molecule has 1 aliphatic heterocycles. The Bertz CT molecular complexity index is 927. The largest absolute Gasteiger partial charge is 0.442 e. The van der Waals surface area contributed by atoms with E-state index in [1.807, 2.05) is 5.32 Å². The molecular weight excluding hydrogens is 371 g/mol. The summed E-state index contributed by atoms with van der Waals surface area (Å²) >= 11 is 0. The van der Waals surface area contributed by atoms with Crippen molar-refractivity contribution >= 4 is 17.6 Å². The summed E-state index contributed by atoms with van der Waals surface area (Å²) in [6.07, 6.45) is -3.85. The van der Waals surface area contributed by atoms with Gasteiger partial charge in [-0.25, -0.2) is 4.99 Å². The molecule has 1 atom stereocenters. The number of halogens is 3. The normalized spacial score (nSPS) is 19.3. The van der Waals surface area contributed by atoms with Crippen LogP contribution in [0.25, 0.3) is 0 Å². The van der Waals surface area contributed by atoms with E-state index >= 15 is 0 Å². The molecule has 1 heterocycles. The standard InChI is InChI=1S/C20H16F3N3O2/c1-2-13-26-16(14-9-5-3-6-10-14)24-19(18(26)28,20(21,22)23)25-17(27)15-11-7-4-8-12-15/h2-12H,1,13H2,(H,25,27)/t19-/m0/s1. The molecule has 0 saturated carbocycles. The smallest absolute Gasteiger partial charge is 0.312 e. The zero-order valence-electron chi connectivity index (χ0n) is 14.6. The van der Waals surface area contributed by atoms with Crippen molar-refractivity contribution in [1.82, 2.24) is 10.2 Å². The first-order chi connectivity index (χ1) is 13.3. The highest BCUT2D eigenvalue weighted by atomic mass is 19.4. The first kappa shape index (κ1) is 19.3. The Balaban J connectivity index is 2.11. The van der Waals surface area contributed by atoms with Crippen LogP contribution in [0.3, 0.4) is 0 Å². The molecule has 0 unspecified atom stereocenters. The molecule has 5 nitrogen and oxygen atoms in total. The number of carbonyl (C=O) groups excluding carboxylic acids is 2.